The largest absolute Gasteiger partial charge is 0.496 e. The maximum atomic E-state index is 13.3. The van der Waals surface area contributed by atoms with E-state index >= 15 is 0 Å². The van der Waals surface area contributed by atoms with Gasteiger partial charge in [-0.3, -0.25) is 15.0 Å². The zero-order chi connectivity index (χ0) is 32.0. The number of nitrogens with two attached hydrogens (primary N) is 1. The molecule has 0 amide bonds. The summed E-state index contributed by atoms with van der Waals surface area (Å²) >= 11 is 0. The van der Waals surface area contributed by atoms with Crippen LogP contribution in [-0.4, -0.2) is 43.9 Å². The molecule has 0 spiro atoms. The number of esters is 2. The van der Waals surface area contributed by atoms with Crippen LogP contribution in [0.4, 0.5) is 11.4 Å². The number of methoxy groups -OCH3 is 3. The van der Waals surface area contributed by atoms with Crippen LogP contribution in [0.2, 0.25) is 0 Å². The Morgan fingerprint density at radius 3 is 2.27 bits per heavy atom. The summed E-state index contributed by atoms with van der Waals surface area (Å²) in [6, 6.07) is 21.1. The third-order valence-corrected chi connectivity index (χ3v) is 6.74. The highest BCUT2D eigenvalue weighted by atomic mass is 16.6. The van der Waals surface area contributed by atoms with Crippen LogP contribution in [0.15, 0.2) is 101 Å². The fourth-order valence-electron chi connectivity index (χ4n) is 4.75. The monoisotopic (exact) mass is 597 g/mol. The van der Waals surface area contributed by atoms with Crippen molar-refractivity contribution < 1.29 is 33.6 Å². The van der Waals surface area contributed by atoms with Gasteiger partial charge in [0, 0.05) is 17.7 Å². The van der Waals surface area contributed by atoms with E-state index < -0.39 is 34.2 Å². The maximum Gasteiger partial charge on any atom is 0.355 e. The van der Waals surface area contributed by atoms with Crippen LogP contribution in [0.1, 0.15) is 24.0 Å². The number of nitrogens with zero attached hydrogens (tertiary/aromatic N) is 4. The third-order valence-electron chi connectivity index (χ3n) is 6.74. The average Bonchev–Trinajstić information content (AvgIpc) is 3.05. The first kappa shape index (κ1) is 30.8. The van der Waals surface area contributed by atoms with Gasteiger partial charge in [0.2, 0.25) is 0 Å². The Morgan fingerprint density at radius 1 is 1.00 bits per heavy atom. The van der Waals surface area contributed by atoms with E-state index in [1.54, 1.807) is 61.5 Å². The molecule has 1 aliphatic heterocycles. The van der Waals surface area contributed by atoms with Crippen molar-refractivity contribution in [1.29, 1.82) is 5.26 Å². The highest BCUT2D eigenvalue weighted by Gasteiger charge is 2.43. The molecule has 13 nitrogen and oxygen atoms in total. The number of hydrogen-bond donors (Lipinski definition) is 1. The van der Waals surface area contributed by atoms with Crippen molar-refractivity contribution in [2.24, 2.45) is 10.9 Å². The molecule has 1 unspecified atom stereocenters. The van der Waals surface area contributed by atoms with Crippen LogP contribution >= 0.6 is 0 Å². The molecule has 13 heteroatoms. The van der Waals surface area contributed by atoms with Crippen molar-refractivity contribution in [3.8, 4) is 17.6 Å². The molecule has 0 radical (unpaired) electrons. The minimum absolute atomic E-state index is 0.0853. The predicted octanol–water partition coefficient (Wildman–Crippen LogP) is 4.30. The molecule has 0 aliphatic carbocycles. The molecule has 1 atom stereocenters. The van der Waals surface area contributed by atoms with E-state index in [1.807, 2.05) is 6.07 Å². The molecule has 0 fully saturated rings. The average molecular weight is 598 g/mol. The van der Waals surface area contributed by atoms with Crippen molar-refractivity contribution in [1.82, 2.24) is 0 Å². The molecule has 1 heterocycles. The van der Waals surface area contributed by atoms with E-state index in [-0.39, 0.29) is 28.4 Å². The Hall–Kier alpha value is -6.16. The Labute approximate surface area is 252 Å². The molecule has 2 N–H and O–H groups in total. The van der Waals surface area contributed by atoms with Gasteiger partial charge in [0.05, 0.1) is 66.9 Å². The number of hydrogen-bond acceptors (Lipinski definition) is 12. The SMILES string of the molecule is COC(=O)C1=C(C(=O)OC)N(c2cc(ON=C(C)c3ccccc3OC)cc([N+](=O)[O-])c2)C(N)=C(C#N)C1c1ccccc1. The minimum Gasteiger partial charge on any atom is -0.496 e. The van der Waals surface area contributed by atoms with E-state index in [4.69, 9.17) is 24.8 Å². The molecule has 224 valence electrons. The van der Waals surface area contributed by atoms with Crippen LogP contribution in [0, 0.1) is 21.4 Å². The molecule has 1 aliphatic rings. The lowest BCUT2D eigenvalue weighted by atomic mass is 9.81. The van der Waals surface area contributed by atoms with Crippen LogP contribution < -0.4 is 20.2 Å². The molecular weight excluding hydrogens is 570 g/mol. The Kier molecular flexibility index (Phi) is 9.25. The normalized spacial score (nSPS) is 14.9. The number of carbonyl (C=O) groups is 2. The summed E-state index contributed by atoms with van der Waals surface area (Å²) in [7, 11) is 3.71. The van der Waals surface area contributed by atoms with Crippen molar-refractivity contribution in [3.63, 3.8) is 0 Å². The zero-order valence-electron chi connectivity index (χ0n) is 24.1. The van der Waals surface area contributed by atoms with E-state index in [0.29, 0.717) is 22.6 Å². The lowest BCUT2D eigenvalue weighted by molar-refractivity contribution is -0.384. The van der Waals surface area contributed by atoms with Crippen molar-refractivity contribution >= 4 is 29.0 Å². The third kappa shape index (κ3) is 5.90. The molecular formula is C31H27N5O8. The van der Waals surface area contributed by atoms with E-state index in [0.717, 1.165) is 31.3 Å². The van der Waals surface area contributed by atoms with Crippen molar-refractivity contribution in [2.45, 2.75) is 12.8 Å². The Balaban J connectivity index is 1.95. The highest BCUT2D eigenvalue weighted by Crippen LogP contribution is 2.44. The molecule has 44 heavy (non-hydrogen) atoms. The number of carbonyl (C=O) groups excluding carboxylic acids is 2. The second-order valence-electron chi connectivity index (χ2n) is 9.25. The number of allylic oxidation sites excluding steroid dienone is 1. The number of nitro benzene ring substituents is 1. The summed E-state index contributed by atoms with van der Waals surface area (Å²) in [6.45, 7) is 1.66. The topological polar surface area (TPSA) is 180 Å². The second kappa shape index (κ2) is 13.2. The fourth-order valence-corrected chi connectivity index (χ4v) is 4.75. The van der Waals surface area contributed by atoms with E-state index in [2.05, 4.69) is 5.16 Å². The van der Waals surface area contributed by atoms with Gasteiger partial charge in [-0.15, -0.1) is 0 Å². The number of anilines is 1. The lowest BCUT2D eigenvalue weighted by Gasteiger charge is -2.35. The number of nitro groups is 1. The van der Waals surface area contributed by atoms with E-state index in [1.165, 1.54) is 13.2 Å². The van der Waals surface area contributed by atoms with Crippen molar-refractivity contribution in [2.75, 3.05) is 26.2 Å². The van der Waals surface area contributed by atoms with Gasteiger partial charge in [0.15, 0.2) is 5.75 Å². The quantitative estimate of drug-likeness (QED) is 0.161. The number of nitriles is 1. The molecule has 3 aromatic rings. The van der Waals surface area contributed by atoms with Crippen LogP contribution in [0.5, 0.6) is 11.5 Å². The van der Waals surface area contributed by atoms with Gasteiger partial charge >= 0.3 is 11.9 Å². The summed E-state index contributed by atoms with van der Waals surface area (Å²) < 4.78 is 15.4. The molecule has 0 saturated heterocycles. The summed E-state index contributed by atoms with van der Waals surface area (Å²) in [5.74, 6) is -2.91. The number of benzene rings is 3. The molecule has 3 aromatic carbocycles. The van der Waals surface area contributed by atoms with Gasteiger partial charge in [-0.05, 0) is 24.6 Å². The molecule has 4 rings (SSSR count). The first-order valence-corrected chi connectivity index (χ1v) is 13.0. The first-order chi connectivity index (χ1) is 21.2. The van der Waals surface area contributed by atoms with Crippen molar-refractivity contribution in [3.05, 3.63) is 117 Å². The van der Waals surface area contributed by atoms with Gasteiger partial charge in [0.25, 0.3) is 5.69 Å². The van der Waals surface area contributed by atoms with Crippen LogP contribution in [0.3, 0.4) is 0 Å². The smallest absolute Gasteiger partial charge is 0.355 e. The summed E-state index contributed by atoms with van der Waals surface area (Å²) in [4.78, 5) is 44.5. The van der Waals surface area contributed by atoms with E-state index in [9.17, 15) is 25.0 Å². The molecule has 0 saturated carbocycles. The predicted molar refractivity (Wildman–Crippen MR) is 158 cm³/mol. The number of rotatable bonds is 9. The summed E-state index contributed by atoms with van der Waals surface area (Å²) in [6.07, 6.45) is 0. The van der Waals surface area contributed by atoms with Gasteiger partial charge in [-0.25, -0.2) is 9.59 Å². The Morgan fingerprint density at radius 2 is 1.66 bits per heavy atom. The first-order valence-electron chi connectivity index (χ1n) is 13.0. The molecule has 0 aromatic heterocycles. The van der Waals surface area contributed by atoms with Gasteiger partial charge in [-0.1, -0.05) is 47.6 Å². The number of para-hydroxylation sites is 1. The number of ether oxygens (including phenoxy) is 3. The fraction of sp³-hybridized carbons (Fsp3) is 0.161. The standard InChI is InChI=1S/C31H27N5O8/c1-18(23-12-8-9-13-25(23)41-2)34-44-22-15-20(14-21(16-22)36(39)40)35-28(31(38)43-4)27(30(37)42-3)26(24(17-32)29(35)33)19-10-6-5-7-11-19/h5-16,26H,33H2,1-4H3. The van der Waals surface area contributed by atoms with Crippen LogP contribution in [0.25, 0.3) is 0 Å². The Bertz CT molecular complexity index is 1760. The molecule has 0 bridgehead atoms. The van der Waals surface area contributed by atoms with Gasteiger partial charge < -0.3 is 24.8 Å². The number of oxime groups is 1. The van der Waals surface area contributed by atoms with Gasteiger partial charge in [0.1, 0.15) is 17.3 Å². The lowest BCUT2D eigenvalue weighted by Crippen LogP contribution is -2.40. The summed E-state index contributed by atoms with van der Waals surface area (Å²) in [5, 5.41) is 26.3. The maximum absolute atomic E-state index is 13.3. The van der Waals surface area contributed by atoms with Crippen LogP contribution in [-0.2, 0) is 19.1 Å². The van der Waals surface area contributed by atoms with Gasteiger partial charge in [-0.2, -0.15) is 5.26 Å². The zero-order valence-corrected chi connectivity index (χ0v) is 24.1. The second-order valence-corrected chi connectivity index (χ2v) is 9.25. The summed E-state index contributed by atoms with van der Waals surface area (Å²) in [5.41, 5.74) is 6.71. The number of non-ortho nitro benzene ring substituents is 1. The highest BCUT2D eigenvalue weighted by molar-refractivity contribution is 6.06. The minimum atomic E-state index is -1.11.